The van der Waals surface area contributed by atoms with Gasteiger partial charge in [0.2, 0.25) is 5.91 Å². The molecule has 2 N–H and O–H groups in total. The third-order valence-electron chi connectivity index (χ3n) is 4.13. The average Bonchev–Trinajstić information content (AvgIpc) is 3.11. The van der Waals surface area contributed by atoms with E-state index in [1.807, 2.05) is 24.3 Å². The van der Waals surface area contributed by atoms with Crippen LogP contribution < -0.4 is 5.32 Å². The van der Waals surface area contributed by atoms with E-state index in [1.165, 1.54) is 12.1 Å². The Labute approximate surface area is 137 Å². The smallest absolute Gasteiger partial charge is 0.256 e. The van der Waals surface area contributed by atoms with Crippen LogP contribution in [0.2, 0.25) is 0 Å². The minimum Gasteiger partial charge on any atom is -0.508 e. The molecule has 0 spiro atoms. The number of fused-ring (bicyclic) bond motifs is 3. The highest BCUT2D eigenvalue weighted by Crippen LogP contribution is 2.48. The maximum atomic E-state index is 12.6. The topological polar surface area (TPSA) is 69.6 Å². The second-order valence-electron chi connectivity index (χ2n) is 5.54. The van der Waals surface area contributed by atoms with Crippen molar-refractivity contribution in [1.82, 2.24) is 4.90 Å². The van der Waals surface area contributed by atoms with Crippen molar-refractivity contribution in [3.63, 3.8) is 0 Å². The molecular weight excluding hydrogens is 312 g/mol. The average molecular weight is 326 g/mol. The minimum atomic E-state index is -0.487. The van der Waals surface area contributed by atoms with E-state index in [-0.39, 0.29) is 22.9 Å². The molecule has 2 amide bonds. The number of hydrogen-bond donors (Lipinski definition) is 2. The monoisotopic (exact) mass is 326 g/mol. The predicted octanol–water partition coefficient (Wildman–Crippen LogP) is 2.60. The highest BCUT2D eigenvalue weighted by molar-refractivity contribution is 7.99. The Bertz CT molecular complexity index is 791. The molecule has 2 aliphatic heterocycles. The lowest BCUT2D eigenvalue weighted by molar-refractivity contribution is -0.119. The minimum absolute atomic E-state index is 0.0748. The summed E-state index contributed by atoms with van der Waals surface area (Å²) in [4.78, 5) is 26.8. The predicted molar refractivity (Wildman–Crippen MR) is 88.3 cm³/mol. The molecule has 1 saturated heterocycles. The molecule has 2 heterocycles. The summed E-state index contributed by atoms with van der Waals surface area (Å²) in [5.41, 5.74) is 2.28. The lowest BCUT2D eigenvalue weighted by atomic mass is 10.1. The largest absolute Gasteiger partial charge is 0.508 e. The molecule has 0 bridgehead atoms. The molecule has 4 rings (SSSR count). The number of anilines is 1. The first-order valence-electron chi connectivity index (χ1n) is 7.28. The summed E-state index contributed by atoms with van der Waals surface area (Å²) in [5, 5.41) is 12.0. The zero-order chi connectivity index (χ0) is 16.0. The molecule has 6 heteroatoms. The number of benzene rings is 2. The van der Waals surface area contributed by atoms with Crippen LogP contribution in [0.15, 0.2) is 48.5 Å². The second-order valence-corrected chi connectivity index (χ2v) is 6.65. The number of phenolic OH excluding ortho intramolecular Hbond substituents is 1. The van der Waals surface area contributed by atoms with Crippen molar-refractivity contribution < 1.29 is 14.7 Å². The number of phenols is 1. The van der Waals surface area contributed by atoms with Gasteiger partial charge in [-0.3, -0.25) is 9.59 Å². The molecule has 0 aliphatic carbocycles. The SMILES string of the molecule is O=C(Nc1ccc(O)cc1)[C@@H]1CS[C@H]2c3ccccc3C(=O)N12. The summed E-state index contributed by atoms with van der Waals surface area (Å²) in [6, 6.07) is 13.3. The van der Waals surface area contributed by atoms with Crippen LogP contribution in [0.5, 0.6) is 5.75 Å². The number of amides is 2. The third-order valence-corrected chi connectivity index (χ3v) is 5.43. The summed E-state index contributed by atoms with van der Waals surface area (Å²) in [6.07, 6.45) is 0. The van der Waals surface area contributed by atoms with Crippen molar-refractivity contribution in [2.75, 3.05) is 11.1 Å². The van der Waals surface area contributed by atoms with Gasteiger partial charge in [0.15, 0.2) is 0 Å². The number of carbonyl (C=O) groups is 2. The molecule has 2 aliphatic rings. The molecule has 2 aromatic carbocycles. The van der Waals surface area contributed by atoms with Crippen LogP contribution in [-0.2, 0) is 4.79 Å². The Balaban J connectivity index is 1.56. The van der Waals surface area contributed by atoms with Crippen LogP contribution in [0, 0.1) is 0 Å². The van der Waals surface area contributed by atoms with Gasteiger partial charge < -0.3 is 15.3 Å². The van der Waals surface area contributed by atoms with Crippen molar-refractivity contribution in [2.45, 2.75) is 11.4 Å². The quantitative estimate of drug-likeness (QED) is 0.832. The van der Waals surface area contributed by atoms with Gasteiger partial charge in [-0.25, -0.2) is 0 Å². The number of aromatic hydroxyl groups is 1. The van der Waals surface area contributed by atoms with E-state index in [4.69, 9.17) is 0 Å². The highest BCUT2D eigenvalue weighted by Gasteiger charge is 2.48. The Kier molecular flexibility index (Phi) is 3.27. The zero-order valence-electron chi connectivity index (χ0n) is 12.1. The van der Waals surface area contributed by atoms with Crippen molar-refractivity contribution in [3.8, 4) is 5.75 Å². The van der Waals surface area contributed by atoms with Crippen LogP contribution >= 0.6 is 11.8 Å². The number of nitrogens with zero attached hydrogens (tertiary/aromatic N) is 1. The Morgan fingerprint density at radius 3 is 2.70 bits per heavy atom. The fraction of sp³-hybridized carbons (Fsp3) is 0.176. The van der Waals surface area contributed by atoms with E-state index in [9.17, 15) is 14.7 Å². The summed E-state index contributed by atoms with van der Waals surface area (Å²) in [5.74, 6) is 0.437. The van der Waals surface area contributed by atoms with Gasteiger partial charge in [0, 0.05) is 17.0 Å². The van der Waals surface area contributed by atoms with E-state index in [2.05, 4.69) is 5.32 Å². The van der Waals surface area contributed by atoms with Crippen molar-refractivity contribution in [3.05, 3.63) is 59.7 Å². The molecule has 23 heavy (non-hydrogen) atoms. The van der Waals surface area contributed by atoms with Gasteiger partial charge in [-0.2, -0.15) is 0 Å². The van der Waals surface area contributed by atoms with Gasteiger partial charge >= 0.3 is 0 Å². The lowest BCUT2D eigenvalue weighted by Crippen LogP contribution is -2.42. The molecule has 2 aromatic rings. The van der Waals surface area contributed by atoms with Gasteiger partial charge in [-0.15, -0.1) is 11.8 Å². The summed E-state index contributed by atoms with van der Waals surface area (Å²) in [6.45, 7) is 0. The van der Waals surface area contributed by atoms with Crippen LogP contribution in [0.25, 0.3) is 0 Å². The molecule has 0 unspecified atom stereocenters. The maximum Gasteiger partial charge on any atom is 0.256 e. The van der Waals surface area contributed by atoms with E-state index in [1.54, 1.807) is 28.8 Å². The van der Waals surface area contributed by atoms with Gasteiger partial charge in [0.25, 0.3) is 5.91 Å². The van der Waals surface area contributed by atoms with Crippen molar-refractivity contribution >= 4 is 29.3 Å². The van der Waals surface area contributed by atoms with E-state index < -0.39 is 6.04 Å². The number of nitrogens with one attached hydrogen (secondary N) is 1. The van der Waals surface area contributed by atoms with Gasteiger partial charge in [0.1, 0.15) is 17.2 Å². The number of thioether (sulfide) groups is 1. The summed E-state index contributed by atoms with van der Waals surface area (Å²) in [7, 11) is 0. The zero-order valence-corrected chi connectivity index (χ0v) is 12.9. The normalized spacial score (nSPS) is 21.9. The molecule has 0 radical (unpaired) electrons. The molecule has 0 aromatic heterocycles. The first-order valence-corrected chi connectivity index (χ1v) is 8.33. The first kappa shape index (κ1) is 14.1. The molecule has 1 fully saturated rings. The van der Waals surface area contributed by atoms with E-state index in [0.29, 0.717) is 17.0 Å². The van der Waals surface area contributed by atoms with Gasteiger partial charge in [0.05, 0.1) is 0 Å². The third kappa shape index (κ3) is 2.26. The van der Waals surface area contributed by atoms with Crippen LogP contribution in [0.3, 0.4) is 0 Å². The molecule has 116 valence electrons. The first-order chi connectivity index (χ1) is 11.1. The van der Waals surface area contributed by atoms with Crippen LogP contribution in [0.4, 0.5) is 5.69 Å². The van der Waals surface area contributed by atoms with Crippen molar-refractivity contribution in [2.24, 2.45) is 0 Å². The summed E-state index contributed by atoms with van der Waals surface area (Å²) < 4.78 is 0. The fourth-order valence-corrected chi connectivity index (χ4v) is 4.48. The fourth-order valence-electron chi connectivity index (χ4n) is 3.01. The summed E-state index contributed by atoms with van der Waals surface area (Å²) >= 11 is 1.61. The van der Waals surface area contributed by atoms with E-state index in [0.717, 1.165) is 5.56 Å². The highest BCUT2D eigenvalue weighted by atomic mass is 32.2. The molecule has 2 atom stereocenters. The molecule has 0 saturated carbocycles. The van der Waals surface area contributed by atoms with Crippen LogP contribution in [0.1, 0.15) is 21.3 Å². The number of hydrogen-bond acceptors (Lipinski definition) is 4. The standard InChI is InChI=1S/C17H14N2O3S/c20-11-7-5-10(6-8-11)18-15(21)14-9-23-17-13-4-2-1-3-12(13)16(22)19(14)17/h1-8,14,17,20H,9H2,(H,18,21)/t14-,17-/m0/s1. The second kappa shape index (κ2) is 5.31. The van der Waals surface area contributed by atoms with Gasteiger partial charge in [-0.05, 0) is 35.9 Å². The Hall–Kier alpha value is -2.47. The molecule has 5 nitrogen and oxygen atoms in total. The van der Waals surface area contributed by atoms with Crippen LogP contribution in [-0.4, -0.2) is 33.6 Å². The maximum absolute atomic E-state index is 12.6. The van der Waals surface area contributed by atoms with E-state index >= 15 is 0 Å². The lowest BCUT2D eigenvalue weighted by Gasteiger charge is -2.22. The Morgan fingerprint density at radius 2 is 1.91 bits per heavy atom. The molecular formula is C17H14N2O3S. The number of carbonyl (C=O) groups excluding carboxylic acids is 2. The van der Waals surface area contributed by atoms with Gasteiger partial charge in [-0.1, -0.05) is 18.2 Å². The Morgan fingerprint density at radius 1 is 1.17 bits per heavy atom. The number of rotatable bonds is 2. The van der Waals surface area contributed by atoms with Crippen molar-refractivity contribution in [1.29, 1.82) is 0 Å².